The van der Waals surface area contributed by atoms with E-state index in [2.05, 4.69) is 17.1 Å². The van der Waals surface area contributed by atoms with Crippen LogP contribution in [-0.4, -0.2) is 14.5 Å². The summed E-state index contributed by atoms with van der Waals surface area (Å²) in [5.74, 6) is 3.02. The van der Waals surface area contributed by atoms with Crippen LogP contribution in [0.2, 0.25) is 0 Å². The number of hydrogen-bond donors (Lipinski definition) is 1. The second-order valence-corrected chi connectivity index (χ2v) is 8.43. The summed E-state index contributed by atoms with van der Waals surface area (Å²) in [5, 5.41) is 0. The van der Waals surface area contributed by atoms with Crippen LogP contribution in [0.25, 0.3) is 22.2 Å². The van der Waals surface area contributed by atoms with Gasteiger partial charge >= 0.3 is 0 Å². The first-order valence-electron chi connectivity index (χ1n) is 11.1. The third-order valence-electron chi connectivity index (χ3n) is 6.23. The smallest absolute Gasteiger partial charge is 0.250 e. The Kier molecular flexibility index (Phi) is 5.33. The van der Waals surface area contributed by atoms with Gasteiger partial charge in [0.05, 0.1) is 5.52 Å². The lowest BCUT2D eigenvalue weighted by atomic mass is 10.00. The first-order chi connectivity index (χ1) is 15.2. The number of hydrogen-bond acceptors (Lipinski definition) is 3. The van der Waals surface area contributed by atoms with Crippen LogP contribution in [0.15, 0.2) is 65.6 Å². The van der Waals surface area contributed by atoms with Crippen LogP contribution in [0, 0.1) is 0 Å². The molecule has 0 spiro atoms. The van der Waals surface area contributed by atoms with Crippen molar-refractivity contribution in [3.63, 3.8) is 0 Å². The van der Waals surface area contributed by atoms with Crippen LogP contribution in [-0.2, 0) is 7.05 Å². The van der Waals surface area contributed by atoms with Gasteiger partial charge in [-0.25, -0.2) is 4.98 Å². The summed E-state index contributed by atoms with van der Waals surface area (Å²) in [6, 6.07) is 17.3. The number of nitrogens with one attached hydrogen (secondary N) is 1. The second kappa shape index (κ2) is 8.42. The molecule has 2 aromatic carbocycles. The summed E-state index contributed by atoms with van der Waals surface area (Å²) in [6.07, 6.45) is 9.37. The van der Waals surface area contributed by atoms with Crippen molar-refractivity contribution in [2.24, 2.45) is 7.05 Å². The lowest BCUT2D eigenvalue weighted by Gasteiger charge is -2.13. The lowest BCUT2D eigenvalue weighted by Crippen LogP contribution is -2.14. The van der Waals surface area contributed by atoms with E-state index in [-0.39, 0.29) is 5.56 Å². The topological polar surface area (TPSA) is 59.9 Å². The monoisotopic (exact) mass is 413 g/mol. The van der Waals surface area contributed by atoms with Crippen LogP contribution < -0.4 is 10.3 Å². The van der Waals surface area contributed by atoms with Crippen molar-refractivity contribution in [2.75, 3.05) is 0 Å². The van der Waals surface area contributed by atoms with Gasteiger partial charge in [0, 0.05) is 36.4 Å². The van der Waals surface area contributed by atoms with E-state index in [1.165, 1.54) is 38.5 Å². The summed E-state index contributed by atoms with van der Waals surface area (Å²) in [6.45, 7) is 0. The molecule has 0 bridgehead atoms. The van der Waals surface area contributed by atoms with Crippen molar-refractivity contribution >= 4 is 11.0 Å². The van der Waals surface area contributed by atoms with Gasteiger partial charge in [0.15, 0.2) is 5.75 Å². The first kappa shape index (κ1) is 19.6. The van der Waals surface area contributed by atoms with Gasteiger partial charge in [-0.1, -0.05) is 43.9 Å². The summed E-state index contributed by atoms with van der Waals surface area (Å²) >= 11 is 0. The number of aromatic amines is 1. The molecule has 158 valence electrons. The Morgan fingerprint density at radius 2 is 1.74 bits per heavy atom. The van der Waals surface area contributed by atoms with Gasteiger partial charge in [0.2, 0.25) is 5.56 Å². The number of imidazole rings is 1. The highest BCUT2D eigenvalue weighted by atomic mass is 16.5. The zero-order valence-electron chi connectivity index (χ0n) is 17.8. The van der Waals surface area contributed by atoms with Gasteiger partial charge in [-0.05, 0) is 43.2 Å². The molecule has 1 N–H and O–H groups in total. The van der Waals surface area contributed by atoms with Gasteiger partial charge in [-0.2, -0.15) is 0 Å². The molecule has 0 aliphatic heterocycles. The second-order valence-electron chi connectivity index (χ2n) is 8.43. The number of benzene rings is 2. The average molecular weight is 414 g/mol. The lowest BCUT2D eigenvalue weighted by molar-refractivity contribution is 0.488. The molecule has 0 atom stereocenters. The van der Waals surface area contributed by atoms with E-state index < -0.39 is 0 Å². The number of fused-ring (bicyclic) bond motifs is 1. The van der Waals surface area contributed by atoms with E-state index in [0.29, 0.717) is 5.92 Å². The van der Waals surface area contributed by atoms with Crippen molar-refractivity contribution in [1.29, 1.82) is 0 Å². The van der Waals surface area contributed by atoms with Crippen LogP contribution in [0.3, 0.4) is 0 Å². The Morgan fingerprint density at radius 1 is 0.968 bits per heavy atom. The van der Waals surface area contributed by atoms with E-state index in [4.69, 9.17) is 9.72 Å². The van der Waals surface area contributed by atoms with E-state index in [0.717, 1.165) is 39.5 Å². The standard InChI is InChI=1S/C26H27N3O2/c1-29-17-19(13-16-23(29)30)21-14-15-22-24(25(21)31-20-11-7-4-8-12-20)28-26(27-22)18-9-5-2-3-6-10-18/h4,7-8,11-18H,2-3,5-6,9-10H2,1H3,(H,27,28). The Hall–Kier alpha value is -3.34. The quantitative estimate of drug-likeness (QED) is 0.408. The van der Waals surface area contributed by atoms with Crippen molar-refractivity contribution in [3.8, 4) is 22.6 Å². The minimum Gasteiger partial charge on any atom is -0.454 e. The molecule has 0 radical (unpaired) electrons. The Balaban J connectivity index is 1.65. The summed E-state index contributed by atoms with van der Waals surface area (Å²) in [7, 11) is 1.76. The van der Waals surface area contributed by atoms with E-state index >= 15 is 0 Å². The third-order valence-corrected chi connectivity index (χ3v) is 6.23. The van der Waals surface area contributed by atoms with E-state index in [9.17, 15) is 4.79 Å². The minimum atomic E-state index is -0.0363. The summed E-state index contributed by atoms with van der Waals surface area (Å²) in [5.41, 5.74) is 3.64. The Labute approximate surface area is 181 Å². The first-order valence-corrected chi connectivity index (χ1v) is 11.1. The summed E-state index contributed by atoms with van der Waals surface area (Å²) in [4.78, 5) is 20.5. The van der Waals surface area contributed by atoms with Gasteiger partial charge in [0.1, 0.15) is 17.1 Å². The molecule has 5 nitrogen and oxygen atoms in total. The number of aromatic nitrogens is 3. The predicted octanol–water partition coefficient (Wildman–Crippen LogP) is 6.16. The zero-order chi connectivity index (χ0) is 21.2. The molecule has 2 aromatic heterocycles. The molecular weight excluding hydrogens is 386 g/mol. The molecule has 5 heteroatoms. The maximum Gasteiger partial charge on any atom is 0.250 e. The van der Waals surface area contributed by atoms with Crippen molar-refractivity contribution in [1.82, 2.24) is 14.5 Å². The van der Waals surface area contributed by atoms with Crippen LogP contribution >= 0.6 is 0 Å². The number of ether oxygens (including phenoxy) is 1. The maximum atomic E-state index is 11.9. The number of aryl methyl sites for hydroxylation is 1. The Morgan fingerprint density at radius 3 is 2.48 bits per heavy atom. The van der Waals surface area contributed by atoms with Crippen molar-refractivity contribution in [2.45, 2.75) is 44.4 Å². The number of rotatable bonds is 4. The van der Waals surface area contributed by atoms with Gasteiger partial charge in [-0.3, -0.25) is 4.79 Å². The number of pyridine rings is 1. The summed E-state index contributed by atoms with van der Waals surface area (Å²) < 4.78 is 7.99. The Bertz CT molecular complexity index is 1250. The molecule has 1 fully saturated rings. The highest BCUT2D eigenvalue weighted by Gasteiger charge is 2.21. The molecule has 1 aliphatic carbocycles. The molecule has 4 aromatic rings. The molecule has 2 heterocycles. The third kappa shape index (κ3) is 4.00. The molecule has 31 heavy (non-hydrogen) atoms. The highest BCUT2D eigenvalue weighted by molar-refractivity contribution is 5.91. The van der Waals surface area contributed by atoms with Gasteiger partial charge in [-0.15, -0.1) is 0 Å². The normalized spacial score (nSPS) is 15.1. The number of H-pyrrole nitrogens is 1. The molecular formula is C26H27N3O2. The van der Waals surface area contributed by atoms with E-state index in [1.807, 2.05) is 42.6 Å². The fourth-order valence-corrected chi connectivity index (χ4v) is 4.51. The molecule has 0 amide bonds. The van der Waals surface area contributed by atoms with Crippen molar-refractivity contribution < 1.29 is 4.74 Å². The predicted molar refractivity (Wildman–Crippen MR) is 124 cm³/mol. The van der Waals surface area contributed by atoms with Crippen LogP contribution in [0.5, 0.6) is 11.5 Å². The molecule has 0 unspecified atom stereocenters. The fourth-order valence-electron chi connectivity index (χ4n) is 4.51. The number of nitrogens with zero attached hydrogens (tertiary/aromatic N) is 2. The molecule has 5 rings (SSSR count). The number of para-hydroxylation sites is 1. The largest absolute Gasteiger partial charge is 0.454 e. The van der Waals surface area contributed by atoms with Crippen LogP contribution in [0.1, 0.15) is 50.3 Å². The SMILES string of the molecule is Cn1cc(-c2ccc3[nH]c(C4CCCCCC4)nc3c2Oc2ccccc2)ccc1=O. The average Bonchev–Trinajstić information content (AvgIpc) is 3.04. The van der Waals surface area contributed by atoms with E-state index in [1.54, 1.807) is 17.7 Å². The minimum absolute atomic E-state index is 0.0363. The maximum absolute atomic E-state index is 11.9. The van der Waals surface area contributed by atoms with Crippen molar-refractivity contribution in [3.05, 3.63) is 77.0 Å². The zero-order valence-corrected chi connectivity index (χ0v) is 17.8. The molecule has 1 saturated carbocycles. The highest BCUT2D eigenvalue weighted by Crippen LogP contribution is 2.40. The molecule has 0 saturated heterocycles. The molecule has 1 aliphatic rings. The van der Waals surface area contributed by atoms with Gasteiger partial charge < -0.3 is 14.3 Å². The van der Waals surface area contributed by atoms with Gasteiger partial charge in [0.25, 0.3) is 0 Å². The van der Waals surface area contributed by atoms with Crippen LogP contribution in [0.4, 0.5) is 0 Å². The fraction of sp³-hybridized carbons (Fsp3) is 0.308.